The number of ether oxygens (including phenoxy) is 2. The summed E-state index contributed by atoms with van der Waals surface area (Å²) in [5.74, 6) is -0.776. The fraction of sp³-hybridized carbons (Fsp3) is 0.400. The van der Waals surface area contributed by atoms with Gasteiger partial charge in [-0.3, -0.25) is 4.79 Å². The van der Waals surface area contributed by atoms with E-state index in [0.29, 0.717) is 5.69 Å². The Morgan fingerprint density at radius 1 is 1.23 bits per heavy atom. The second-order valence-electron chi connectivity index (χ2n) is 4.33. The summed E-state index contributed by atoms with van der Waals surface area (Å²) < 4.78 is 9.46. The number of methoxy groups -OCH3 is 1. The van der Waals surface area contributed by atoms with Crippen molar-refractivity contribution in [3.05, 3.63) is 29.8 Å². The number of esters is 1. The molecule has 7 nitrogen and oxygen atoms in total. The summed E-state index contributed by atoms with van der Waals surface area (Å²) in [5.41, 5.74) is 0.726. The summed E-state index contributed by atoms with van der Waals surface area (Å²) in [6, 6.07) is 6.63. The number of rotatable bonds is 6. The minimum absolute atomic E-state index is 0.202. The van der Waals surface area contributed by atoms with E-state index >= 15 is 0 Å². The van der Waals surface area contributed by atoms with Crippen molar-refractivity contribution in [3.63, 3.8) is 0 Å². The van der Waals surface area contributed by atoms with Crippen LogP contribution in [0.25, 0.3) is 0 Å². The summed E-state index contributed by atoms with van der Waals surface area (Å²) in [6.45, 7) is 3.77. The zero-order valence-corrected chi connectivity index (χ0v) is 12.9. The molecule has 0 saturated carbocycles. The number of para-hydroxylation sites is 1. The number of hydrogen-bond donors (Lipinski definition) is 1. The van der Waals surface area contributed by atoms with E-state index in [1.54, 1.807) is 31.2 Å². The fourth-order valence-corrected chi connectivity index (χ4v) is 1.89. The van der Waals surface area contributed by atoms with Gasteiger partial charge < -0.3 is 19.7 Å². The second-order valence-corrected chi connectivity index (χ2v) is 4.33. The third-order valence-electron chi connectivity index (χ3n) is 2.86. The van der Waals surface area contributed by atoms with E-state index in [1.807, 2.05) is 0 Å². The number of carbonyl (C=O) groups excluding carboxylic acids is 3. The van der Waals surface area contributed by atoms with Gasteiger partial charge in [-0.2, -0.15) is 0 Å². The molecular formula is C15H20N2O5. The number of alkyl carbamates (subject to hydrolysis) is 1. The van der Waals surface area contributed by atoms with Gasteiger partial charge in [-0.15, -0.1) is 0 Å². The number of hydrogen-bond acceptors (Lipinski definition) is 5. The lowest BCUT2D eigenvalue weighted by Crippen LogP contribution is -2.38. The van der Waals surface area contributed by atoms with Crippen LogP contribution in [0.2, 0.25) is 0 Å². The van der Waals surface area contributed by atoms with Gasteiger partial charge in [0.05, 0.1) is 25.0 Å². The molecule has 1 aromatic carbocycles. The third kappa shape index (κ3) is 4.76. The van der Waals surface area contributed by atoms with E-state index in [9.17, 15) is 14.4 Å². The van der Waals surface area contributed by atoms with Crippen molar-refractivity contribution in [2.45, 2.75) is 13.8 Å². The Bertz CT molecular complexity index is 544. The summed E-state index contributed by atoms with van der Waals surface area (Å²) in [6.07, 6.45) is -0.549. The van der Waals surface area contributed by atoms with Crippen molar-refractivity contribution in [1.82, 2.24) is 5.32 Å². The molecule has 0 unspecified atom stereocenters. The number of nitrogens with zero attached hydrogens (tertiary/aromatic N) is 1. The van der Waals surface area contributed by atoms with Crippen LogP contribution in [0.15, 0.2) is 24.3 Å². The molecule has 1 rings (SSSR count). The summed E-state index contributed by atoms with van der Waals surface area (Å²) in [4.78, 5) is 36.3. The van der Waals surface area contributed by atoms with Crippen molar-refractivity contribution >= 4 is 23.7 Å². The van der Waals surface area contributed by atoms with Crippen LogP contribution in [0, 0.1) is 0 Å². The predicted molar refractivity (Wildman–Crippen MR) is 80.8 cm³/mol. The lowest BCUT2D eigenvalue weighted by Gasteiger charge is -2.23. The molecule has 7 heteroatoms. The molecule has 0 heterocycles. The molecule has 120 valence electrons. The average Bonchev–Trinajstić information content (AvgIpc) is 2.51. The van der Waals surface area contributed by atoms with Crippen LogP contribution >= 0.6 is 0 Å². The quantitative estimate of drug-likeness (QED) is 0.806. The Morgan fingerprint density at radius 3 is 2.50 bits per heavy atom. The van der Waals surface area contributed by atoms with Gasteiger partial charge in [0.15, 0.2) is 0 Å². The van der Waals surface area contributed by atoms with Crippen LogP contribution in [0.5, 0.6) is 0 Å². The SMILES string of the molecule is CCOC(=O)NCCN(C(C)=O)c1ccccc1C(=O)OC. The highest BCUT2D eigenvalue weighted by molar-refractivity contribution is 6.01. The molecule has 1 N–H and O–H groups in total. The maximum atomic E-state index is 11.8. The summed E-state index contributed by atoms with van der Waals surface area (Å²) in [7, 11) is 1.28. The zero-order chi connectivity index (χ0) is 16.5. The summed E-state index contributed by atoms with van der Waals surface area (Å²) >= 11 is 0. The lowest BCUT2D eigenvalue weighted by atomic mass is 10.1. The molecule has 2 amide bonds. The number of nitrogens with one attached hydrogen (secondary N) is 1. The van der Waals surface area contributed by atoms with Gasteiger partial charge in [0.1, 0.15) is 0 Å². The molecule has 0 atom stereocenters. The van der Waals surface area contributed by atoms with Crippen LogP contribution in [0.1, 0.15) is 24.2 Å². The first-order valence-electron chi connectivity index (χ1n) is 6.87. The molecule has 0 spiro atoms. The molecule has 22 heavy (non-hydrogen) atoms. The zero-order valence-electron chi connectivity index (χ0n) is 12.9. The summed E-state index contributed by atoms with van der Waals surface area (Å²) in [5, 5.41) is 2.53. The third-order valence-corrected chi connectivity index (χ3v) is 2.86. The monoisotopic (exact) mass is 308 g/mol. The van der Waals surface area contributed by atoms with Gasteiger partial charge in [0.2, 0.25) is 5.91 Å². The number of carbonyl (C=O) groups is 3. The minimum atomic E-state index is -0.549. The maximum Gasteiger partial charge on any atom is 0.407 e. The van der Waals surface area contributed by atoms with Crippen LogP contribution in [0.4, 0.5) is 10.5 Å². The van der Waals surface area contributed by atoms with Gasteiger partial charge in [-0.05, 0) is 19.1 Å². The Labute approximate surface area is 129 Å². The standard InChI is InChI=1S/C15H20N2O5/c1-4-22-15(20)16-9-10-17(11(2)18)13-8-6-5-7-12(13)14(19)21-3/h5-8H,4,9-10H2,1-3H3,(H,16,20). The number of benzene rings is 1. The molecule has 0 bridgehead atoms. The smallest absolute Gasteiger partial charge is 0.407 e. The number of amides is 2. The van der Waals surface area contributed by atoms with Gasteiger partial charge in [0, 0.05) is 20.0 Å². The average molecular weight is 308 g/mol. The highest BCUT2D eigenvalue weighted by Crippen LogP contribution is 2.21. The fourth-order valence-electron chi connectivity index (χ4n) is 1.89. The minimum Gasteiger partial charge on any atom is -0.465 e. The van der Waals surface area contributed by atoms with E-state index in [4.69, 9.17) is 9.47 Å². The van der Waals surface area contributed by atoms with Gasteiger partial charge in [0.25, 0.3) is 0 Å². The van der Waals surface area contributed by atoms with Crippen molar-refractivity contribution in [2.75, 3.05) is 31.7 Å². The van der Waals surface area contributed by atoms with Crippen LogP contribution in [-0.4, -0.2) is 44.8 Å². The molecule has 1 aromatic rings. The van der Waals surface area contributed by atoms with Crippen LogP contribution < -0.4 is 10.2 Å². The van der Waals surface area contributed by atoms with Crippen molar-refractivity contribution < 1.29 is 23.9 Å². The topological polar surface area (TPSA) is 84.9 Å². The molecule has 0 aliphatic carbocycles. The molecule has 0 aromatic heterocycles. The Hall–Kier alpha value is -2.57. The first-order valence-corrected chi connectivity index (χ1v) is 6.87. The Morgan fingerprint density at radius 2 is 1.91 bits per heavy atom. The number of anilines is 1. The second kappa shape index (κ2) is 8.66. The van der Waals surface area contributed by atoms with Crippen LogP contribution in [0.3, 0.4) is 0 Å². The highest BCUT2D eigenvalue weighted by atomic mass is 16.5. The van der Waals surface area contributed by atoms with Crippen molar-refractivity contribution in [1.29, 1.82) is 0 Å². The van der Waals surface area contributed by atoms with E-state index < -0.39 is 12.1 Å². The lowest BCUT2D eigenvalue weighted by molar-refractivity contribution is -0.116. The maximum absolute atomic E-state index is 11.8. The predicted octanol–water partition coefficient (Wildman–Crippen LogP) is 1.57. The van der Waals surface area contributed by atoms with Gasteiger partial charge in [-0.25, -0.2) is 9.59 Å². The molecule has 0 fully saturated rings. The molecule has 0 aliphatic heterocycles. The van der Waals surface area contributed by atoms with Crippen molar-refractivity contribution in [3.8, 4) is 0 Å². The van der Waals surface area contributed by atoms with Gasteiger partial charge >= 0.3 is 12.1 Å². The van der Waals surface area contributed by atoms with E-state index in [0.717, 1.165) is 0 Å². The van der Waals surface area contributed by atoms with E-state index in [1.165, 1.54) is 18.9 Å². The molecular weight excluding hydrogens is 288 g/mol. The molecule has 0 aliphatic rings. The first-order chi connectivity index (χ1) is 10.5. The van der Waals surface area contributed by atoms with Crippen LogP contribution in [-0.2, 0) is 14.3 Å². The normalized spacial score (nSPS) is 9.77. The Balaban J connectivity index is 2.86. The van der Waals surface area contributed by atoms with Crippen molar-refractivity contribution in [2.24, 2.45) is 0 Å². The van der Waals surface area contributed by atoms with E-state index in [2.05, 4.69) is 5.32 Å². The molecule has 0 radical (unpaired) electrons. The first kappa shape index (κ1) is 17.5. The Kier molecular flexibility index (Phi) is 6.88. The largest absolute Gasteiger partial charge is 0.465 e. The van der Waals surface area contributed by atoms with E-state index in [-0.39, 0.29) is 31.2 Å². The highest BCUT2D eigenvalue weighted by Gasteiger charge is 2.19. The molecule has 0 saturated heterocycles. The van der Waals surface area contributed by atoms with Gasteiger partial charge in [-0.1, -0.05) is 12.1 Å².